The Morgan fingerprint density at radius 3 is 2.00 bits per heavy atom. The Balaban J connectivity index is 1.64. The Morgan fingerprint density at radius 2 is 1.48 bits per heavy atom. The van der Waals surface area contributed by atoms with Crippen molar-refractivity contribution in [3.05, 3.63) is 57.8 Å². The Morgan fingerprint density at radius 1 is 0.913 bits per heavy atom. The molecule has 2 heterocycles. The van der Waals surface area contributed by atoms with E-state index in [4.69, 9.17) is 0 Å². The first-order chi connectivity index (χ1) is 11.0. The molecule has 0 atom stereocenters. The first kappa shape index (κ1) is 15.6. The molecule has 0 N–H and O–H groups in total. The second-order valence-electron chi connectivity index (χ2n) is 5.22. The SMILES string of the molecule is O=C(c1cc(F)cc(F)c1)N1CCN(C(=O)c2cccs2)CC1. The molecule has 1 aliphatic rings. The third-order valence-electron chi connectivity index (χ3n) is 3.70. The van der Waals surface area contributed by atoms with Gasteiger partial charge in [0, 0.05) is 37.8 Å². The highest BCUT2D eigenvalue weighted by atomic mass is 32.1. The number of amides is 2. The van der Waals surface area contributed by atoms with Crippen LogP contribution in [0.15, 0.2) is 35.7 Å². The summed E-state index contributed by atoms with van der Waals surface area (Å²) in [5.74, 6) is -2.03. The highest BCUT2D eigenvalue weighted by Gasteiger charge is 2.26. The highest BCUT2D eigenvalue weighted by molar-refractivity contribution is 7.12. The molecule has 4 nitrogen and oxygen atoms in total. The van der Waals surface area contributed by atoms with Gasteiger partial charge in [0.2, 0.25) is 0 Å². The van der Waals surface area contributed by atoms with E-state index in [0.717, 1.165) is 18.2 Å². The predicted molar refractivity (Wildman–Crippen MR) is 82.5 cm³/mol. The van der Waals surface area contributed by atoms with E-state index < -0.39 is 17.5 Å². The van der Waals surface area contributed by atoms with Crippen molar-refractivity contribution in [2.45, 2.75) is 0 Å². The maximum Gasteiger partial charge on any atom is 0.264 e. The molecule has 3 rings (SSSR count). The van der Waals surface area contributed by atoms with Crippen LogP contribution in [0.5, 0.6) is 0 Å². The zero-order valence-electron chi connectivity index (χ0n) is 12.2. The smallest absolute Gasteiger partial charge is 0.264 e. The topological polar surface area (TPSA) is 40.6 Å². The molecule has 1 aromatic heterocycles. The Kier molecular flexibility index (Phi) is 4.38. The fourth-order valence-corrected chi connectivity index (χ4v) is 3.22. The van der Waals surface area contributed by atoms with Gasteiger partial charge >= 0.3 is 0 Å². The van der Waals surface area contributed by atoms with Crippen LogP contribution >= 0.6 is 11.3 Å². The van der Waals surface area contributed by atoms with Gasteiger partial charge in [-0.2, -0.15) is 0 Å². The molecule has 1 aliphatic heterocycles. The summed E-state index contributed by atoms with van der Waals surface area (Å²) in [4.78, 5) is 28.4. The zero-order chi connectivity index (χ0) is 16.4. The number of halogens is 2. The molecule has 1 saturated heterocycles. The lowest BCUT2D eigenvalue weighted by molar-refractivity contribution is 0.0537. The number of hydrogen-bond acceptors (Lipinski definition) is 3. The van der Waals surface area contributed by atoms with E-state index in [-0.39, 0.29) is 11.5 Å². The van der Waals surface area contributed by atoms with E-state index in [2.05, 4.69) is 0 Å². The fraction of sp³-hybridized carbons (Fsp3) is 0.250. The average Bonchev–Trinajstić information content (AvgIpc) is 3.07. The molecule has 0 radical (unpaired) electrons. The summed E-state index contributed by atoms with van der Waals surface area (Å²) in [6.07, 6.45) is 0. The lowest BCUT2D eigenvalue weighted by Gasteiger charge is -2.34. The van der Waals surface area contributed by atoms with E-state index in [9.17, 15) is 18.4 Å². The Bertz CT molecular complexity index is 705. The standard InChI is InChI=1S/C16H14F2N2O2S/c17-12-8-11(9-13(18)10-12)15(21)19-3-5-20(6-4-19)16(22)14-2-1-7-23-14/h1-2,7-10H,3-6H2. The lowest BCUT2D eigenvalue weighted by Crippen LogP contribution is -2.50. The van der Waals surface area contributed by atoms with Gasteiger partial charge in [-0.05, 0) is 23.6 Å². The van der Waals surface area contributed by atoms with Crippen LogP contribution in [-0.4, -0.2) is 47.8 Å². The van der Waals surface area contributed by atoms with Gasteiger partial charge in [-0.1, -0.05) is 6.07 Å². The van der Waals surface area contributed by atoms with Gasteiger partial charge in [0.25, 0.3) is 11.8 Å². The third-order valence-corrected chi connectivity index (χ3v) is 4.55. The van der Waals surface area contributed by atoms with Crippen LogP contribution in [0.2, 0.25) is 0 Å². The van der Waals surface area contributed by atoms with Gasteiger partial charge in [-0.15, -0.1) is 11.3 Å². The van der Waals surface area contributed by atoms with Gasteiger partial charge in [-0.25, -0.2) is 8.78 Å². The summed E-state index contributed by atoms with van der Waals surface area (Å²) in [5.41, 5.74) is -0.0134. The van der Waals surface area contributed by atoms with Gasteiger partial charge < -0.3 is 9.80 Å². The Labute approximate surface area is 135 Å². The molecule has 0 saturated carbocycles. The number of nitrogens with zero attached hydrogens (tertiary/aromatic N) is 2. The summed E-state index contributed by atoms with van der Waals surface area (Å²) in [6.45, 7) is 1.49. The molecular weight excluding hydrogens is 322 g/mol. The molecule has 0 aliphatic carbocycles. The van der Waals surface area contributed by atoms with Crippen molar-refractivity contribution in [3.63, 3.8) is 0 Å². The first-order valence-electron chi connectivity index (χ1n) is 7.13. The number of hydrogen-bond donors (Lipinski definition) is 0. The van der Waals surface area contributed by atoms with Gasteiger partial charge in [-0.3, -0.25) is 9.59 Å². The molecule has 2 aromatic rings. The van der Waals surface area contributed by atoms with Crippen LogP contribution < -0.4 is 0 Å². The van der Waals surface area contributed by atoms with Crippen molar-refractivity contribution in [3.8, 4) is 0 Å². The number of benzene rings is 1. The van der Waals surface area contributed by atoms with E-state index in [1.807, 2.05) is 11.4 Å². The molecule has 2 amide bonds. The lowest BCUT2D eigenvalue weighted by atomic mass is 10.1. The fourth-order valence-electron chi connectivity index (χ4n) is 2.53. The van der Waals surface area contributed by atoms with Crippen molar-refractivity contribution in [1.82, 2.24) is 9.80 Å². The summed E-state index contributed by atoms with van der Waals surface area (Å²) < 4.78 is 26.4. The van der Waals surface area contributed by atoms with Gasteiger partial charge in [0.15, 0.2) is 0 Å². The molecule has 0 bridgehead atoms. The minimum atomic E-state index is -0.778. The maximum absolute atomic E-state index is 13.2. The minimum absolute atomic E-state index is 0.0134. The van der Waals surface area contributed by atoms with E-state index >= 15 is 0 Å². The van der Waals surface area contributed by atoms with Crippen molar-refractivity contribution in [2.75, 3.05) is 26.2 Å². The number of piperazine rings is 1. The van der Waals surface area contributed by atoms with Crippen molar-refractivity contribution < 1.29 is 18.4 Å². The first-order valence-corrected chi connectivity index (χ1v) is 8.01. The minimum Gasteiger partial charge on any atom is -0.335 e. The van der Waals surface area contributed by atoms with Crippen LogP contribution in [0, 0.1) is 11.6 Å². The van der Waals surface area contributed by atoms with E-state index in [1.165, 1.54) is 16.2 Å². The Hall–Kier alpha value is -2.28. The van der Waals surface area contributed by atoms with Crippen molar-refractivity contribution in [2.24, 2.45) is 0 Å². The molecule has 23 heavy (non-hydrogen) atoms. The largest absolute Gasteiger partial charge is 0.335 e. The number of thiophene rings is 1. The van der Waals surface area contributed by atoms with Gasteiger partial charge in [0.1, 0.15) is 11.6 Å². The van der Waals surface area contributed by atoms with Crippen LogP contribution in [0.1, 0.15) is 20.0 Å². The van der Waals surface area contributed by atoms with Crippen LogP contribution in [0.4, 0.5) is 8.78 Å². The molecule has 0 unspecified atom stereocenters. The average molecular weight is 336 g/mol. The second-order valence-corrected chi connectivity index (χ2v) is 6.17. The predicted octanol–water partition coefficient (Wildman–Crippen LogP) is 2.62. The third kappa shape index (κ3) is 3.39. The molecular formula is C16H14F2N2O2S. The van der Waals surface area contributed by atoms with Crippen molar-refractivity contribution >= 4 is 23.2 Å². The van der Waals surface area contributed by atoms with E-state index in [0.29, 0.717) is 31.1 Å². The maximum atomic E-state index is 13.2. The summed E-state index contributed by atoms with van der Waals surface area (Å²) >= 11 is 1.38. The van der Waals surface area contributed by atoms with E-state index in [1.54, 1.807) is 11.0 Å². The molecule has 1 fully saturated rings. The van der Waals surface area contributed by atoms with Gasteiger partial charge in [0.05, 0.1) is 4.88 Å². The molecule has 1 aromatic carbocycles. The highest BCUT2D eigenvalue weighted by Crippen LogP contribution is 2.16. The second kappa shape index (κ2) is 6.45. The summed E-state index contributed by atoms with van der Waals surface area (Å²) in [6, 6.07) is 6.35. The summed E-state index contributed by atoms with van der Waals surface area (Å²) in [7, 11) is 0. The molecule has 0 spiro atoms. The van der Waals surface area contributed by atoms with Crippen LogP contribution in [-0.2, 0) is 0 Å². The number of carbonyl (C=O) groups is 2. The zero-order valence-corrected chi connectivity index (χ0v) is 13.0. The normalized spacial score (nSPS) is 14.9. The number of rotatable bonds is 2. The van der Waals surface area contributed by atoms with Crippen molar-refractivity contribution in [1.29, 1.82) is 0 Å². The van der Waals surface area contributed by atoms with Crippen LogP contribution in [0.25, 0.3) is 0 Å². The van der Waals surface area contributed by atoms with Crippen LogP contribution in [0.3, 0.4) is 0 Å². The number of carbonyl (C=O) groups excluding carboxylic acids is 2. The molecule has 120 valence electrons. The molecule has 7 heteroatoms. The quantitative estimate of drug-likeness (QED) is 0.846. The monoisotopic (exact) mass is 336 g/mol. The summed E-state index contributed by atoms with van der Waals surface area (Å²) in [5, 5.41) is 1.84.